The fourth-order valence-electron chi connectivity index (χ4n) is 1.31. The van der Waals surface area contributed by atoms with Gasteiger partial charge in [-0.3, -0.25) is 9.72 Å². The minimum atomic E-state index is -0.556. The summed E-state index contributed by atoms with van der Waals surface area (Å²) in [5, 5.41) is 2.51. The molecular formula is C9H10N4O2. The number of aromatic nitrogens is 2. The topological polar surface area (TPSA) is 81.6 Å². The molecule has 0 aliphatic heterocycles. The molecular weight excluding hydrogens is 196 g/mol. The number of nitrogens with two attached hydrogens (primary N) is 1. The molecule has 0 unspecified atom stereocenters. The highest BCUT2D eigenvalue weighted by Crippen LogP contribution is 2.16. The van der Waals surface area contributed by atoms with Crippen molar-refractivity contribution in [3.05, 3.63) is 24.4 Å². The summed E-state index contributed by atoms with van der Waals surface area (Å²) in [5.41, 5.74) is 6.42. The van der Waals surface area contributed by atoms with Crippen LogP contribution in [0.5, 0.6) is 0 Å². The highest BCUT2D eigenvalue weighted by atomic mass is 16.5. The summed E-state index contributed by atoms with van der Waals surface area (Å²) in [6.45, 7) is 0. The van der Waals surface area contributed by atoms with Gasteiger partial charge < -0.3 is 10.5 Å². The molecule has 1 amide bonds. The Balaban J connectivity index is 2.48. The predicted molar refractivity (Wildman–Crippen MR) is 55.6 cm³/mol. The van der Waals surface area contributed by atoms with E-state index in [0.29, 0.717) is 17.3 Å². The average molecular weight is 206 g/mol. The lowest BCUT2D eigenvalue weighted by atomic mass is 10.4. The molecule has 0 spiro atoms. The van der Waals surface area contributed by atoms with E-state index in [1.807, 2.05) is 0 Å². The summed E-state index contributed by atoms with van der Waals surface area (Å²) in [5.74, 6) is 0.978. The second-order valence-electron chi connectivity index (χ2n) is 2.90. The number of nitrogens with one attached hydrogen (secondary N) is 1. The van der Waals surface area contributed by atoms with Crippen LogP contribution in [0.25, 0.3) is 5.65 Å². The van der Waals surface area contributed by atoms with E-state index in [1.165, 1.54) is 13.3 Å². The molecule has 2 aromatic heterocycles. The number of fused-ring (bicyclic) bond motifs is 1. The molecule has 2 heterocycles. The Morgan fingerprint density at radius 1 is 1.60 bits per heavy atom. The van der Waals surface area contributed by atoms with E-state index >= 15 is 0 Å². The van der Waals surface area contributed by atoms with Crippen LogP contribution in [-0.2, 0) is 4.74 Å². The largest absolute Gasteiger partial charge is 0.453 e. The molecule has 2 aromatic rings. The zero-order valence-corrected chi connectivity index (χ0v) is 8.10. The summed E-state index contributed by atoms with van der Waals surface area (Å²) >= 11 is 0. The van der Waals surface area contributed by atoms with E-state index < -0.39 is 6.09 Å². The first-order chi connectivity index (χ1) is 7.22. The molecule has 0 saturated heterocycles. The van der Waals surface area contributed by atoms with E-state index in [1.54, 1.807) is 22.6 Å². The van der Waals surface area contributed by atoms with Crippen LogP contribution >= 0.6 is 0 Å². The zero-order valence-electron chi connectivity index (χ0n) is 8.10. The SMILES string of the molecule is COC(=O)Nc1cnc2cccc(N)n12. The number of carbonyl (C=O) groups is 1. The number of imidazole rings is 1. The van der Waals surface area contributed by atoms with Crippen LogP contribution in [0.4, 0.5) is 16.4 Å². The van der Waals surface area contributed by atoms with Gasteiger partial charge in [0.15, 0.2) is 0 Å². The van der Waals surface area contributed by atoms with Crippen molar-refractivity contribution in [2.24, 2.45) is 0 Å². The molecule has 0 saturated carbocycles. The maximum absolute atomic E-state index is 11.0. The highest BCUT2D eigenvalue weighted by Gasteiger charge is 2.08. The van der Waals surface area contributed by atoms with Crippen LogP contribution < -0.4 is 11.1 Å². The van der Waals surface area contributed by atoms with Gasteiger partial charge in [-0.25, -0.2) is 9.78 Å². The fraction of sp³-hybridized carbons (Fsp3) is 0.111. The van der Waals surface area contributed by atoms with E-state index in [9.17, 15) is 4.79 Å². The van der Waals surface area contributed by atoms with E-state index in [0.717, 1.165) is 0 Å². The van der Waals surface area contributed by atoms with Gasteiger partial charge in [-0.1, -0.05) is 6.07 Å². The summed E-state index contributed by atoms with van der Waals surface area (Å²) in [7, 11) is 1.29. The van der Waals surface area contributed by atoms with Crippen molar-refractivity contribution in [2.75, 3.05) is 18.2 Å². The quantitative estimate of drug-likeness (QED) is 0.731. The normalized spacial score (nSPS) is 10.2. The number of amides is 1. The number of carbonyl (C=O) groups excluding carboxylic acids is 1. The molecule has 3 N–H and O–H groups in total. The predicted octanol–water partition coefficient (Wildman–Crippen LogP) is 1.09. The van der Waals surface area contributed by atoms with Crippen molar-refractivity contribution in [3.63, 3.8) is 0 Å². The fourth-order valence-corrected chi connectivity index (χ4v) is 1.31. The number of rotatable bonds is 1. The van der Waals surface area contributed by atoms with Crippen molar-refractivity contribution in [1.29, 1.82) is 0 Å². The third kappa shape index (κ3) is 1.56. The van der Waals surface area contributed by atoms with Crippen molar-refractivity contribution in [2.45, 2.75) is 0 Å². The molecule has 6 heteroatoms. The summed E-state index contributed by atoms with van der Waals surface area (Å²) in [4.78, 5) is 15.1. The third-order valence-electron chi connectivity index (χ3n) is 1.98. The maximum Gasteiger partial charge on any atom is 0.412 e. The Bertz CT molecular complexity index is 506. The second-order valence-corrected chi connectivity index (χ2v) is 2.90. The van der Waals surface area contributed by atoms with Gasteiger partial charge in [-0.05, 0) is 12.1 Å². The third-order valence-corrected chi connectivity index (χ3v) is 1.98. The van der Waals surface area contributed by atoms with E-state index in [2.05, 4.69) is 15.0 Å². The number of nitrogens with zero attached hydrogens (tertiary/aromatic N) is 2. The molecule has 78 valence electrons. The van der Waals surface area contributed by atoms with Crippen molar-refractivity contribution in [3.8, 4) is 0 Å². The Morgan fingerprint density at radius 2 is 2.40 bits per heavy atom. The Labute approximate surface area is 85.7 Å². The van der Waals surface area contributed by atoms with Gasteiger partial charge >= 0.3 is 6.09 Å². The lowest BCUT2D eigenvalue weighted by molar-refractivity contribution is 0.187. The molecule has 0 fully saturated rings. The average Bonchev–Trinajstić information content (AvgIpc) is 2.63. The molecule has 6 nitrogen and oxygen atoms in total. The standard InChI is InChI=1S/C9H10N4O2/c1-15-9(14)12-8-5-11-7-4-2-3-6(10)13(7)8/h2-5H,10H2,1H3,(H,12,14). The van der Waals surface area contributed by atoms with Gasteiger partial charge in [0.25, 0.3) is 0 Å². The Hall–Kier alpha value is -2.24. The molecule has 0 bridgehead atoms. The number of hydrogen-bond donors (Lipinski definition) is 2. The minimum Gasteiger partial charge on any atom is -0.453 e. The maximum atomic E-state index is 11.0. The lowest BCUT2D eigenvalue weighted by Gasteiger charge is -2.05. The van der Waals surface area contributed by atoms with Crippen LogP contribution in [-0.4, -0.2) is 22.6 Å². The number of hydrogen-bond acceptors (Lipinski definition) is 4. The Morgan fingerprint density at radius 3 is 3.13 bits per heavy atom. The molecule has 15 heavy (non-hydrogen) atoms. The van der Waals surface area contributed by atoms with Crippen molar-refractivity contribution < 1.29 is 9.53 Å². The number of methoxy groups -OCH3 is 1. The lowest BCUT2D eigenvalue weighted by Crippen LogP contribution is -2.13. The van der Waals surface area contributed by atoms with E-state index in [-0.39, 0.29) is 0 Å². The van der Waals surface area contributed by atoms with Gasteiger partial charge in [0.2, 0.25) is 0 Å². The van der Waals surface area contributed by atoms with Gasteiger partial charge in [0, 0.05) is 0 Å². The molecule has 0 aliphatic carbocycles. The van der Waals surface area contributed by atoms with Gasteiger partial charge in [0.05, 0.1) is 13.3 Å². The van der Waals surface area contributed by atoms with Gasteiger partial charge in [0.1, 0.15) is 17.3 Å². The number of anilines is 2. The first-order valence-corrected chi connectivity index (χ1v) is 4.29. The van der Waals surface area contributed by atoms with Crippen LogP contribution in [0.15, 0.2) is 24.4 Å². The number of nitrogen functional groups attached to an aromatic ring is 1. The minimum absolute atomic E-state index is 0.481. The summed E-state index contributed by atoms with van der Waals surface area (Å²) in [6, 6.07) is 5.30. The number of ether oxygens (including phenoxy) is 1. The van der Waals surface area contributed by atoms with Crippen molar-refractivity contribution in [1.82, 2.24) is 9.38 Å². The van der Waals surface area contributed by atoms with E-state index in [4.69, 9.17) is 5.73 Å². The van der Waals surface area contributed by atoms with Gasteiger partial charge in [-0.15, -0.1) is 0 Å². The first kappa shape index (κ1) is 9.32. The molecule has 2 rings (SSSR count). The highest BCUT2D eigenvalue weighted by molar-refractivity contribution is 5.84. The summed E-state index contributed by atoms with van der Waals surface area (Å²) < 4.78 is 6.10. The van der Waals surface area contributed by atoms with Crippen LogP contribution in [0, 0.1) is 0 Å². The van der Waals surface area contributed by atoms with Crippen LogP contribution in [0.3, 0.4) is 0 Å². The zero-order chi connectivity index (χ0) is 10.8. The second kappa shape index (κ2) is 3.49. The first-order valence-electron chi connectivity index (χ1n) is 4.29. The molecule has 0 aromatic carbocycles. The molecule has 0 aliphatic rings. The number of pyridine rings is 1. The Kier molecular flexibility index (Phi) is 2.17. The van der Waals surface area contributed by atoms with Gasteiger partial charge in [-0.2, -0.15) is 0 Å². The van der Waals surface area contributed by atoms with Crippen LogP contribution in [0.1, 0.15) is 0 Å². The monoisotopic (exact) mass is 206 g/mol. The van der Waals surface area contributed by atoms with Crippen LogP contribution in [0.2, 0.25) is 0 Å². The summed E-state index contributed by atoms with van der Waals surface area (Å²) in [6.07, 6.45) is 0.961. The smallest absolute Gasteiger partial charge is 0.412 e. The molecule has 0 radical (unpaired) electrons. The molecule has 0 atom stereocenters. The van der Waals surface area contributed by atoms with Crippen molar-refractivity contribution >= 4 is 23.4 Å².